The van der Waals surface area contributed by atoms with Gasteiger partial charge in [0.1, 0.15) is 4.90 Å². The van der Waals surface area contributed by atoms with Gasteiger partial charge < -0.3 is 14.4 Å². The lowest BCUT2D eigenvalue weighted by Crippen LogP contribution is -2.33. The Morgan fingerprint density at radius 3 is 2.79 bits per heavy atom. The summed E-state index contributed by atoms with van der Waals surface area (Å²) >= 11 is 0. The molecule has 1 N–H and O–H groups in total. The number of aryl methyl sites for hydroxylation is 1. The molecule has 19 heavy (non-hydrogen) atoms. The number of aromatic nitrogens is 1. The first-order valence-corrected chi connectivity index (χ1v) is 7.91. The van der Waals surface area contributed by atoms with E-state index in [0.29, 0.717) is 45.0 Å². The van der Waals surface area contributed by atoms with Gasteiger partial charge in [-0.25, -0.2) is 8.42 Å². The second-order valence-electron chi connectivity index (χ2n) is 4.48. The molecule has 0 unspecified atom stereocenters. The minimum absolute atomic E-state index is 0.160. The standard InChI is InChI=1S/C12H20N2O4S/c1-2-13-9-12(8-11(13)10-15)19(16,17)14-4-3-6-18-7-5-14/h8-9,15H,2-7,10H2,1H3. The quantitative estimate of drug-likeness (QED) is 0.871. The molecule has 1 saturated heterocycles. The zero-order chi connectivity index (χ0) is 13.9. The average Bonchev–Trinajstić information content (AvgIpc) is 2.63. The Balaban J connectivity index is 2.30. The highest BCUT2D eigenvalue weighted by atomic mass is 32.2. The summed E-state index contributed by atoms with van der Waals surface area (Å²) in [5.41, 5.74) is 0.618. The van der Waals surface area contributed by atoms with Crippen molar-refractivity contribution in [3.63, 3.8) is 0 Å². The number of aliphatic hydroxyl groups excluding tert-OH is 1. The van der Waals surface area contributed by atoms with Crippen molar-refractivity contribution in [1.82, 2.24) is 8.87 Å². The van der Waals surface area contributed by atoms with Crippen LogP contribution in [0.2, 0.25) is 0 Å². The van der Waals surface area contributed by atoms with Crippen molar-refractivity contribution in [2.24, 2.45) is 0 Å². The summed E-state index contributed by atoms with van der Waals surface area (Å²) in [5.74, 6) is 0. The Morgan fingerprint density at radius 1 is 1.37 bits per heavy atom. The van der Waals surface area contributed by atoms with Crippen molar-refractivity contribution in [2.45, 2.75) is 31.4 Å². The third kappa shape index (κ3) is 3.00. The van der Waals surface area contributed by atoms with Crippen LogP contribution >= 0.6 is 0 Å². The SMILES string of the molecule is CCn1cc(S(=O)(=O)N2CCCOCC2)cc1CO. The van der Waals surface area contributed by atoms with Gasteiger partial charge in [0.25, 0.3) is 0 Å². The fraction of sp³-hybridized carbons (Fsp3) is 0.667. The van der Waals surface area contributed by atoms with E-state index in [0.717, 1.165) is 0 Å². The predicted molar refractivity (Wildman–Crippen MR) is 70.2 cm³/mol. The zero-order valence-corrected chi connectivity index (χ0v) is 11.9. The van der Waals surface area contributed by atoms with E-state index in [9.17, 15) is 13.5 Å². The van der Waals surface area contributed by atoms with Crippen molar-refractivity contribution in [2.75, 3.05) is 26.3 Å². The maximum absolute atomic E-state index is 12.5. The summed E-state index contributed by atoms with van der Waals surface area (Å²) in [6.45, 7) is 4.28. The van der Waals surface area contributed by atoms with Gasteiger partial charge in [0.15, 0.2) is 0 Å². The molecule has 0 bridgehead atoms. The fourth-order valence-electron chi connectivity index (χ4n) is 2.21. The molecule has 0 amide bonds. The van der Waals surface area contributed by atoms with Gasteiger partial charge in [-0.2, -0.15) is 4.31 Å². The number of ether oxygens (including phenoxy) is 1. The van der Waals surface area contributed by atoms with Gasteiger partial charge in [-0.15, -0.1) is 0 Å². The number of nitrogens with zero attached hydrogens (tertiary/aromatic N) is 2. The summed E-state index contributed by atoms with van der Waals surface area (Å²) in [7, 11) is -3.49. The highest BCUT2D eigenvalue weighted by Gasteiger charge is 2.27. The van der Waals surface area contributed by atoms with Gasteiger partial charge >= 0.3 is 0 Å². The van der Waals surface area contributed by atoms with Crippen LogP contribution in [0.3, 0.4) is 0 Å². The Hall–Kier alpha value is -0.890. The molecule has 0 atom stereocenters. The molecular formula is C12H20N2O4S. The van der Waals surface area contributed by atoms with Crippen molar-refractivity contribution >= 4 is 10.0 Å². The molecule has 1 aromatic heterocycles. The van der Waals surface area contributed by atoms with E-state index in [1.165, 1.54) is 4.31 Å². The van der Waals surface area contributed by atoms with E-state index in [-0.39, 0.29) is 11.5 Å². The summed E-state index contributed by atoms with van der Waals surface area (Å²) in [6.07, 6.45) is 2.30. The van der Waals surface area contributed by atoms with E-state index in [1.807, 2.05) is 6.92 Å². The largest absolute Gasteiger partial charge is 0.390 e. The van der Waals surface area contributed by atoms with E-state index in [2.05, 4.69) is 0 Å². The average molecular weight is 288 g/mol. The summed E-state index contributed by atoms with van der Waals surface area (Å²) in [6, 6.07) is 1.55. The van der Waals surface area contributed by atoms with Crippen LogP contribution in [0.15, 0.2) is 17.2 Å². The molecule has 0 aliphatic carbocycles. The predicted octanol–water partition coefficient (Wildman–Crippen LogP) is 0.411. The first-order valence-electron chi connectivity index (χ1n) is 6.47. The minimum atomic E-state index is -3.49. The maximum atomic E-state index is 12.5. The molecule has 1 aliphatic rings. The molecule has 6 nitrogen and oxygen atoms in total. The molecule has 2 rings (SSSR count). The number of rotatable bonds is 4. The first kappa shape index (κ1) is 14.5. The molecule has 0 radical (unpaired) electrons. The highest BCUT2D eigenvalue weighted by molar-refractivity contribution is 7.89. The molecule has 1 aliphatic heterocycles. The lowest BCUT2D eigenvalue weighted by molar-refractivity contribution is 0.148. The first-order chi connectivity index (χ1) is 9.09. The normalized spacial score (nSPS) is 18.4. The molecule has 0 saturated carbocycles. The van der Waals surface area contributed by atoms with Crippen LogP contribution in [0.5, 0.6) is 0 Å². The van der Waals surface area contributed by atoms with Gasteiger partial charge in [0.2, 0.25) is 10.0 Å². The zero-order valence-electron chi connectivity index (χ0n) is 11.1. The van der Waals surface area contributed by atoms with Gasteiger partial charge in [0, 0.05) is 38.1 Å². The third-order valence-corrected chi connectivity index (χ3v) is 5.15. The van der Waals surface area contributed by atoms with Crippen LogP contribution in [0.4, 0.5) is 0 Å². The van der Waals surface area contributed by atoms with Gasteiger partial charge in [-0.05, 0) is 19.4 Å². The van der Waals surface area contributed by atoms with E-state index >= 15 is 0 Å². The summed E-state index contributed by atoms with van der Waals surface area (Å²) in [4.78, 5) is 0.250. The number of hydrogen-bond donors (Lipinski definition) is 1. The molecule has 2 heterocycles. The van der Waals surface area contributed by atoms with Crippen LogP contribution < -0.4 is 0 Å². The number of hydrogen-bond acceptors (Lipinski definition) is 4. The van der Waals surface area contributed by atoms with Crippen LogP contribution in [0.1, 0.15) is 19.0 Å². The molecular weight excluding hydrogens is 268 g/mol. The molecule has 7 heteroatoms. The third-order valence-electron chi connectivity index (χ3n) is 3.28. The minimum Gasteiger partial charge on any atom is -0.390 e. The van der Waals surface area contributed by atoms with Crippen LogP contribution in [0, 0.1) is 0 Å². The molecule has 108 valence electrons. The van der Waals surface area contributed by atoms with E-state index < -0.39 is 10.0 Å². The van der Waals surface area contributed by atoms with Gasteiger partial charge in [0.05, 0.1) is 13.2 Å². The second kappa shape index (κ2) is 6.04. The van der Waals surface area contributed by atoms with Crippen molar-refractivity contribution in [3.05, 3.63) is 18.0 Å². The van der Waals surface area contributed by atoms with Crippen molar-refractivity contribution in [1.29, 1.82) is 0 Å². The Labute approximate surface area is 113 Å². The van der Waals surface area contributed by atoms with Crippen LogP contribution in [0.25, 0.3) is 0 Å². The summed E-state index contributed by atoms with van der Waals surface area (Å²) in [5, 5.41) is 9.23. The molecule has 0 aromatic carbocycles. The fourth-order valence-corrected chi connectivity index (χ4v) is 3.73. The van der Waals surface area contributed by atoms with Crippen LogP contribution in [-0.2, 0) is 27.9 Å². The topological polar surface area (TPSA) is 71.8 Å². The molecule has 1 fully saturated rings. The van der Waals surface area contributed by atoms with E-state index in [4.69, 9.17) is 4.74 Å². The Bertz CT molecular complexity index is 494. The number of sulfonamides is 1. The lowest BCUT2D eigenvalue weighted by Gasteiger charge is -2.18. The van der Waals surface area contributed by atoms with Gasteiger partial charge in [-0.3, -0.25) is 0 Å². The Morgan fingerprint density at radius 2 is 2.16 bits per heavy atom. The second-order valence-corrected chi connectivity index (χ2v) is 6.42. The smallest absolute Gasteiger partial charge is 0.244 e. The van der Waals surface area contributed by atoms with E-state index in [1.54, 1.807) is 16.8 Å². The lowest BCUT2D eigenvalue weighted by atomic mass is 10.4. The van der Waals surface area contributed by atoms with Crippen molar-refractivity contribution < 1.29 is 18.3 Å². The van der Waals surface area contributed by atoms with Crippen molar-refractivity contribution in [3.8, 4) is 0 Å². The number of aliphatic hydroxyl groups is 1. The molecule has 1 aromatic rings. The highest BCUT2D eigenvalue weighted by Crippen LogP contribution is 2.20. The summed E-state index contributed by atoms with van der Waals surface area (Å²) < 4.78 is 33.5. The Kier molecular flexibility index (Phi) is 4.62. The monoisotopic (exact) mass is 288 g/mol. The van der Waals surface area contributed by atoms with Crippen LogP contribution in [-0.4, -0.2) is 48.7 Å². The maximum Gasteiger partial charge on any atom is 0.244 e. The molecule has 0 spiro atoms. The van der Waals surface area contributed by atoms with Gasteiger partial charge in [-0.1, -0.05) is 0 Å².